The number of hydrogen-bond donors (Lipinski definition) is 1. The molecule has 1 aromatic rings. The number of carbonyl (C=O) groups is 2. The maximum absolute atomic E-state index is 12.2. The Morgan fingerprint density at radius 2 is 1.86 bits per heavy atom. The summed E-state index contributed by atoms with van der Waals surface area (Å²) in [6.07, 6.45) is 0. The van der Waals surface area contributed by atoms with Crippen molar-refractivity contribution in [2.45, 2.75) is 31.3 Å². The van der Waals surface area contributed by atoms with Gasteiger partial charge < -0.3 is 4.90 Å². The second-order valence-electron chi connectivity index (χ2n) is 6.63. The molecular weight excluding hydrogens is 306 g/mol. The van der Waals surface area contributed by atoms with Crippen LogP contribution in [0.15, 0.2) is 5.16 Å². The number of nitrogens with zero attached hydrogens (tertiary/aromatic N) is 5. The second-order valence-corrected chi connectivity index (χ2v) is 7.58. The Kier molecular flexibility index (Phi) is 5.37. The van der Waals surface area contributed by atoms with Crippen molar-refractivity contribution >= 4 is 23.7 Å². The maximum Gasteiger partial charge on any atom is 0.355 e. The van der Waals surface area contributed by atoms with Gasteiger partial charge in [0, 0.05) is 19.5 Å². The zero-order chi connectivity index (χ0) is 17.3. The number of amides is 2. The largest absolute Gasteiger partial charge is 0.355 e. The predicted octanol–water partition coefficient (Wildman–Crippen LogP) is 1.19. The summed E-state index contributed by atoms with van der Waals surface area (Å²) in [5.74, 6) is 0.122. The van der Waals surface area contributed by atoms with Gasteiger partial charge in [0.05, 0.1) is 0 Å². The van der Waals surface area contributed by atoms with E-state index in [1.807, 2.05) is 20.8 Å². The Labute approximate surface area is 134 Å². The first-order valence-electron chi connectivity index (χ1n) is 6.76. The lowest BCUT2D eigenvalue weighted by Crippen LogP contribution is -2.43. The molecule has 8 nitrogen and oxygen atoms in total. The average Bonchev–Trinajstić information content (AvgIpc) is 2.77. The molecule has 0 saturated heterocycles. The van der Waals surface area contributed by atoms with E-state index in [2.05, 4.69) is 10.1 Å². The maximum atomic E-state index is 12.2. The van der Waals surface area contributed by atoms with Crippen molar-refractivity contribution in [2.24, 2.45) is 0 Å². The van der Waals surface area contributed by atoms with Gasteiger partial charge in [-0.15, -0.1) is 9.75 Å². The van der Waals surface area contributed by atoms with Gasteiger partial charge in [-0.25, -0.2) is 19.8 Å². The summed E-state index contributed by atoms with van der Waals surface area (Å²) in [5, 5.41) is 14.2. The van der Waals surface area contributed by atoms with E-state index in [1.165, 1.54) is 23.7 Å². The van der Waals surface area contributed by atoms with Crippen LogP contribution < -0.4 is 0 Å². The molecular formula is C13H24N5O3S+. The van der Waals surface area contributed by atoms with Crippen LogP contribution in [0.2, 0.25) is 0 Å². The molecule has 0 aliphatic rings. The third-order valence-electron chi connectivity index (χ3n) is 2.75. The van der Waals surface area contributed by atoms with Gasteiger partial charge in [-0.3, -0.25) is 0 Å². The fraction of sp³-hybridized carbons (Fsp3) is 0.692. The summed E-state index contributed by atoms with van der Waals surface area (Å²) >= 11 is 1.08. The van der Waals surface area contributed by atoms with Crippen LogP contribution in [0.25, 0.3) is 0 Å². The highest BCUT2D eigenvalue weighted by Gasteiger charge is 2.28. The Balaban J connectivity index is 3.09. The molecule has 1 N–H and O–H groups in total. The van der Waals surface area contributed by atoms with E-state index in [0.717, 1.165) is 11.8 Å². The molecule has 2 amide bonds. The molecule has 0 bridgehead atoms. The molecule has 0 radical (unpaired) electrons. The summed E-state index contributed by atoms with van der Waals surface area (Å²) in [5.41, 5.74) is -0.316. The number of rotatable bonds is 3. The minimum Gasteiger partial charge on any atom is -0.329 e. The number of hydroxylamine groups is 3. The van der Waals surface area contributed by atoms with Gasteiger partial charge in [-0.05, 0) is 0 Å². The number of hydrogen-bond acceptors (Lipinski definition) is 6. The van der Waals surface area contributed by atoms with Crippen LogP contribution in [-0.2, 0) is 10.2 Å². The second kappa shape index (κ2) is 6.35. The van der Waals surface area contributed by atoms with Crippen molar-refractivity contribution < 1.29 is 19.4 Å². The molecule has 22 heavy (non-hydrogen) atoms. The van der Waals surface area contributed by atoms with Gasteiger partial charge in [-0.1, -0.05) is 32.5 Å². The molecule has 0 atom stereocenters. The lowest BCUT2D eigenvalue weighted by Gasteiger charge is -2.16. The zero-order valence-corrected chi connectivity index (χ0v) is 14.9. The molecule has 1 rings (SSSR count). The van der Waals surface area contributed by atoms with Crippen molar-refractivity contribution in [3.63, 3.8) is 0 Å². The van der Waals surface area contributed by atoms with Crippen molar-refractivity contribution in [1.29, 1.82) is 0 Å². The Hall–Kier alpha value is -1.45. The third-order valence-corrected chi connectivity index (χ3v) is 3.66. The van der Waals surface area contributed by atoms with Crippen molar-refractivity contribution in [3.8, 4) is 0 Å². The summed E-state index contributed by atoms with van der Waals surface area (Å²) in [6, 6.07) is -0.337. The van der Waals surface area contributed by atoms with E-state index >= 15 is 0 Å². The van der Waals surface area contributed by atoms with Gasteiger partial charge in [0.1, 0.15) is 19.8 Å². The molecule has 1 aromatic heterocycles. The summed E-state index contributed by atoms with van der Waals surface area (Å²) in [7, 11) is 5.99. The highest BCUT2D eigenvalue weighted by molar-refractivity contribution is 7.99. The van der Waals surface area contributed by atoms with Gasteiger partial charge in [0.25, 0.3) is 0 Å². The van der Waals surface area contributed by atoms with Crippen molar-refractivity contribution in [2.75, 3.05) is 33.9 Å². The highest BCUT2D eigenvalue weighted by atomic mass is 32.2. The first-order valence-corrected chi connectivity index (χ1v) is 7.74. The predicted molar refractivity (Wildman–Crippen MR) is 82.8 cm³/mol. The fourth-order valence-electron chi connectivity index (χ4n) is 1.31. The Bertz CT molecular complexity index is 569. The van der Waals surface area contributed by atoms with Crippen LogP contribution in [0.3, 0.4) is 0 Å². The van der Waals surface area contributed by atoms with Gasteiger partial charge in [-0.2, -0.15) is 4.68 Å². The molecule has 0 unspecified atom stereocenters. The number of quaternary nitrogens is 1. The van der Waals surface area contributed by atoms with Crippen molar-refractivity contribution in [1.82, 2.24) is 19.7 Å². The molecule has 0 saturated carbocycles. The van der Waals surface area contributed by atoms with E-state index in [9.17, 15) is 14.8 Å². The van der Waals surface area contributed by atoms with Crippen LogP contribution in [0.1, 0.15) is 26.6 Å². The Morgan fingerprint density at radius 1 is 1.32 bits per heavy atom. The third kappa shape index (κ3) is 4.52. The summed E-state index contributed by atoms with van der Waals surface area (Å²) in [6.45, 7) is 5.83. The van der Waals surface area contributed by atoms with Crippen LogP contribution >= 0.6 is 11.8 Å². The highest BCUT2D eigenvalue weighted by Crippen LogP contribution is 2.24. The lowest BCUT2D eigenvalue weighted by atomic mass is 9.96. The van der Waals surface area contributed by atoms with E-state index in [4.69, 9.17) is 0 Å². The van der Waals surface area contributed by atoms with Crippen LogP contribution in [0, 0.1) is 0 Å². The minimum absolute atomic E-state index is 0.00746. The van der Waals surface area contributed by atoms with Crippen LogP contribution in [0.4, 0.5) is 4.79 Å². The fourth-order valence-corrected chi connectivity index (χ4v) is 2.27. The first-order chi connectivity index (χ1) is 9.84. The van der Waals surface area contributed by atoms with Crippen molar-refractivity contribution in [3.05, 3.63) is 5.82 Å². The van der Waals surface area contributed by atoms with Gasteiger partial charge >= 0.3 is 11.9 Å². The lowest BCUT2D eigenvalue weighted by molar-refractivity contribution is -1.01. The number of thioether (sulfide) groups is 1. The number of aromatic nitrogens is 3. The molecule has 0 spiro atoms. The molecule has 0 aliphatic carbocycles. The number of carbonyl (C=O) groups excluding carboxylic acids is 2. The minimum atomic E-state index is -0.769. The average molecular weight is 330 g/mol. The van der Waals surface area contributed by atoms with Crippen LogP contribution in [-0.4, -0.2) is 75.4 Å². The summed E-state index contributed by atoms with van der Waals surface area (Å²) in [4.78, 5) is 29.7. The molecule has 0 aliphatic heterocycles. The zero-order valence-electron chi connectivity index (χ0n) is 14.1. The van der Waals surface area contributed by atoms with Gasteiger partial charge in [0.2, 0.25) is 0 Å². The molecule has 1 heterocycles. The topological polar surface area (TPSA) is 88.3 Å². The normalized spacial score (nSPS) is 12.4. The molecule has 9 heteroatoms. The first kappa shape index (κ1) is 18.6. The van der Waals surface area contributed by atoms with Crippen LogP contribution in [0.5, 0.6) is 0 Å². The Morgan fingerprint density at radius 3 is 2.27 bits per heavy atom. The quantitative estimate of drug-likeness (QED) is 0.388. The molecule has 124 valence electrons. The van der Waals surface area contributed by atoms with E-state index in [-0.39, 0.29) is 17.2 Å². The molecule has 0 aromatic carbocycles. The standard InChI is InChI=1S/C13H24N5O3S/c1-13(2,3)10-14-11(17(15-10)12(20)16(4)5)22-8-9(19)18(6,7)21/h21H,8H2,1-7H3/q+1. The summed E-state index contributed by atoms with van der Waals surface area (Å²) < 4.78 is 0.421. The van der Waals surface area contributed by atoms with Gasteiger partial charge in [0.15, 0.2) is 11.0 Å². The smallest absolute Gasteiger partial charge is 0.329 e. The van der Waals surface area contributed by atoms with E-state index in [0.29, 0.717) is 11.0 Å². The monoisotopic (exact) mass is 330 g/mol. The SMILES string of the molecule is CN(C)C(=O)n1nc(C(C)(C)C)nc1SCC(=O)[N+](C)(C)O. The van der Waals surface area contributed by atoms with E-state index in [1.54, 1.807) is 14.1 Å². The molecule has 0 fully saturated rings. The van der Waals surface area contributed by atoms with E-state index < -0.39 is 10.6 Å².